The van der Waals surface area contributed by atoms with Gasteiger partial charge in [-0.25, -0.2) is 15.3 Å². The van der Waals surface area contributed by atoms with Crippen molar-refractivity contribution >= 4 is 46.5 Å². The second-order valence-electron chi connectivity index (χ2n) is 9.10. The van der Waals surface area contributed by atoms with Crippen molar-refractivity contribution in [3.05, 3.63) is 49.9 Å². The van der Waals surface area contributed by atoms with Gasteiger partial charge in [-0.1, -0.05) is 23.2 Å². The molecule has 0 saturated carbocycles. The van der Waals surface area contributed by atoms with Crippen LogP contribution in [0.4, 0.5) is 4.79 Å². The molecule has 1 aliphatic rings. The average molecular weight is 573 g/mol. The number of aryl methyl sites for hydroxylation is 1. The van der Waals surface area contributed by atoms with Crippen molar-refractivity contribution < 1.29 is 19.2 Å². The number of thiophene rings is 1. The smallest absolute Gasteiger partial charge is 0.341 e. The number of hydroxylamine groups is 1. The summed E-state index contributed by atoms with van der Waals surface area (Å²) in [6, 6.07) is 3.82. The number of halogens is 2. The average Bonchev–Trinajstić information content (AvgIpc) is 3.38. The van der Waals surface area contributed by atoms with Crippen LogP contribution in [-0.4, -0.2) is 78.8 Å². The lowest BCUT2D eigenvalue weighted by molar-refractivity contribution is 0.00769. The molecule has 0 aliphatic carbocycles. The number of amides is 3. The van der Waals surface area contributed by atoms with Crippen LogP contribution in [0.15, 0.2) is 22.9 Å². The Kier molecular flexibility index (Phi) is 11.9. The van der Waals surface area contributed by atoms with E-state index in [0.717, 1.165) is 37.9 Å². The van der Waals surface area contributed by atoms with Crippen LogP contribution >= 0.6 is 34.5 Å². The summed E-state index contributed by atoms with van der Waals surface area (Å²) in [7, 11) is 1.59. The Morgan fingerprint density at radius 3 is 2.70 bits per heavy atom. The van der Waals surface area contributed by atoms with Crippen molar-refractivity contribution in [1.82, 2.24) is 25.6 Å². The molecule has 2 N–H and O–H groups in total. The lowest BCUT2D eigenvalue weighted by Gasteiger charge is -2.40. The zero-order chi connectivity index (χ0) is 26.8. The van der Waals surface area contributed by atoms with Gasteiger partial charge in [-0.3, -0.25) is 9.63 Å². The summed E-state index contributed by atoms with van der Waals surface area (Å²) in [5.74, 6) is -0.250. The van der Waals surface area contributed by atoms with Crippen LogP contribution in [0.5, 0.6) is 0 Å². The quantitative estimate of drug-likeness (QED) is 0.221. The number of aromatic nitrogens is 1. The van der Waals surface area contributed by atoms with Gasteiger partial charge in [-0.2, -0.15) is 11.3 Å². The van der Waals surface area contributed by atoms with Gasteiger partial charge < -0.3 is 19.9 Å². The van der Waals surface area contributed by atoms with Crippen molar-refractivity contribution in [2.24, 2.45) is 0 Å². The molecule has 1 aliphatic heterocycles. The van der Waals surface area contributed by atoms with Gasteiger partial charge >= 0.3 is 6.03 Å². The highest BCUT2D eigenvalue weighted by molar-refractivity contribution is 7.07. The summed E-state index contributed by atoms with van der Waals surface area (Å²) >= 11 is 13.7. The van der Waals surface area contributed by atoms with Gasteiger partial charge in [0.1, 0.15) is 10.3 Å². The minimum absolute atomic E-state index is 0.108. The highest BCUT2D eigenvalue weighted by Gasteiger charge is 2.30. The largest absolute Gasteiger partial charge is 0.382 e. The van der Waals surface area contributed by atoms with E-state index in [0.29, 0.717) is 37.4 Å². The van der Waals surface area contributed by atoms with Crippen LogP contribution in [0.3, 0.4) is 0 Å². The predicted octanol–water partition coefficient (Wildman–Crippen LogP) is 4.52. The molecule has 0 spiro atoms. The first kappa shape index (κ1) is 29.6. The van der Waals surface area contributed by atoms with E-state index < -0.39 is 0 Å². The van der Waals surface area contributed by atoms with Crippen molar-refractivity contribution in [3.8, 4) is 0 Å². The van der Waals surface area contributed by atoms with Gasteiger partial charge in [-0.05, 0) is 67.1 Å². The van der Waals surface area contributed by atoms with Crippen LogP contribution in [0, 0.1) is 6.92 Å². The Morgan fingerprint density at radius 2 is 2.05 bits per heavy atom. The first-order valence-electron chi connectivity index (χ1n) is 12.3. The van der Waals surface area contributed by atoms with Crippen LogP contribution < -0.4 is 10.8 Å². The third-order valence-electron chi connectivity index (χ3n) is 6.52. The highest BCUT2D eigenvalue weighted by atomic mass is 35.5. The van der Waals surface area contributed by atoms with Gasteiger partial charge in [0.25, 0.3) is 5.91 Å². The third-order valence-corrected chi connectivity index (χ3v) is 7.72. The van der Waals surface area contributed by atoms with Crippen molar-refractivity contribution in [2.75, 3.05) is 40.0 Å². The Labute approximate surface area is 232 Å². The van der Waals surface area contributed by atoms with Crippen molar-refractivity contribution in [2.45, 2.75) is 51.7 Å². The molecule has 1 saturated heterocycles. The second-order valence-corrected chi connectivity index (χ2v) is 10.6. The van der Waals surface area contributed by atoms with E-state index in [9.17, 15) is 9.59 Å². The Morgan fingerprint density at radius 1 is 1.30 bits per heavy atom. The first-order chi connectivity index (χ1) is 17.8. The maximum atomic E-state index is 12.9. The molecule has 2 aromatic rings. The molecule has 0 radical (unpaired) electrons. The fraction of sp³-hybridized carbons (Fsp3) is 0.560. The molecule has 3 amide bonds. The van der Waals surface area contributed by atoms with Gasteiger partial charge in [0, 0.05) is 45.4 Å². The summed E-state index contributed by atoms with van der Waals surface area (Å²) in [5, 5.41) is 7.40. The lowest BCUT2D eigenvalue weighted by atomic mass is 10.0. The normalized spacial score (nSPS) is 15.4. The molecule has 1 atom stereocenters. The van der Waals surface area contributed by atoms with Crippen molar-refractivity contribution in [3.63, 3.8) is 0 Å². The number of hydrogen-bond donors (Lipinski definition) is 2. The number of ether oxygens (including phenoxy) is 1. The van der Waals surface area contributed by atoms with E-state index in [-0.39, 0.29) is 34.3 Å². The van der Waals surface area contributed by atoms with Gasteiger partial charge in [-0.15, -0.1) is 0 Å². The third kappa shape index (κ3) is 8.80. The molecule has 9 nitrogen and oxygen atoms in total. The highest BCUT2D eigenvalue weighted by Crippen LogP contribution is 2.23. The van der Waals surface area contributed by atoms with E-state index >= 15 is 0 Å². The minimum Gasteiger partial charge on any atom is -0.382 e. The number of nitrogens with one attached hydrogen (secondary N) is 2. The summed E-state index contributed by atoms with van der Waals surface area (Å²) < 4.78 is 4.97. The number of carbonyl (C=O) groups is 2. The van der Waals surface area contributed by atoms with Crippen molar-refractivity contribution in [1.29, 1.82) is 0 Å². The molecule has 0 bridgehead atoms. The molecule has 204 valence electrons. The number of urea groups is 1. The van der Waals surface area contributed by atoms with E-state index in [1.54, 1.807) is 31.4 Å². The van der Waals surface area contributed by atoms with Crippen LogP contribution in [0.25, 0.3) is 0 Å². The summed E-state index contributed by atoms with van der Waals surface area (Å²) in [4.78, 5) is 39.1. The van der Waals surface area contributed by atoms with Crippen LogP contribution in [0.2, 0.25) is 10.3 Å². The zero-order valence-corrected chi connectivity index (χ0v) is 23.8. The molecular weight excluding hydrogens is 537 g/mol. The fourth-order valence-corrected chi connectivity index (χ4v) is 5.69. The van der Waals surface area contributed by atoms with E-state index in [2.05, 4.69) is 33.0 Å². The summed E-state index contributed by atoms with van der Waals surface area (Å²) in [5.41, 5.74) is 4.71. The molecule has 12 heteroatoms. The van der Waals surface area contributed by atoms with E-state index in [4.69, 9.17) is 32.8 Å². The minimum atomic E-state index is -0.250. The number of carbonyl (C=O) groups excluding carboxylic acids is 2. The number of methoxy groups -OCH3 is 1. The molecule has 1 fully saturated rings. The van der Waals surface area contributed by atoms with Crippen LogP contribution in [0.1, 0.15) is 47.7 Å². The van der Waals surface area contributed by atoms with Gasteiger partial charge in [0.05, 0.1) is 18.8 Å². The maximum absolute atomic E-state index is 12.9. The predicted molar refractivity (Wildman–Crippen MR) is 146 cm³/mol. The molecule has 37 heavy (non-hydrogen) atoms. The van der Waals surface area contributed by atoms with E-state index in [1.165, 1.54) is 0 Å². The number of likely N-dealkylation sites (tertiary alicyclic amines) is 1. The second kappa shape index (κ2) is 14.8. The molecular formula is C25H35Cl2N5O4S. The Hall–Kier alpha value is -1.95. The molecule has 3 rings (SSSR count). The molecule has 3 heterocycles. The first-order valence-corrected chi connectivity index (χ1v) is 14.0. The summed E-state index contributed by atoms with van der Waals surface area (Å²) in [6.07, 6.45) is 2.51. The number of hydrogen-bond acceptors (Lipinski definition) is 7. The molecule has 2 aromatic heterocycles. The molecule has 0 unspecified atom stereocenters. The Bertz CT molecular complexity index is 996. The molecule has 0 aromatic carbocycles. The van der Waals surface area contributed by atoms with Gasteiger partial charge in [0.15, 0.2) is 0 Å². The fourth-order valence-electron chi connectivity index (χ4n) is 4.41. The SMILES string of the molecule is COCCONC(=O)N(Cc1ccsc1)C1CCN([C@H](C)CCNC(=O)c2c(C)cc(Cl)nc2Cl)CC1. The lowest BCUT2D eigenvalue weighted by Crippen LogP contribution is -2.51. The maximum Gasteiger partial charge on any atom is 0.341 e. The Balaban J connectivity index is 1.48. The number of piperidine rings is 1. The zero-order valence-electron chi connectivity index (χ0n) is 21.5. The number of nitrogens with zero attached hydrogens (tertiary/aromatic N) is 3. The topological polar surface area (TPSA) is 96.0 Å². The van der Waals surface area contributed by atoms with Crippen LogP contribution in [-0.2, 0) is 16.1 Å². The number of pyridine rings is 1. The number of rotatable bonds is 12. The monoisotopic (exact) mass is 571 g/mol. The standard InChI is InChI=1S/C25H35Cl2N5O4S/c1-17-14-21(26)29-23(27)22(17)24(33)28-8-4-18(2)31-9-5-20(6-10-31)32(15-19-7-13-37-16-19)25(34)30-36-12-11-35-3/h7,13-14,16,18,20H,4-6,8-12,15H2,1-3H3,(H,28,33)(H,30,34)/t18-/m1/s1. The summed E-state index contributed by atoms with van der Waals surface area (Å²) in [6.45, 7) is 7.43. The van der Waals surface area contributed by atoms with E-state index in [1.807, 2.05) is 16.3 Å². The van der Waals surface area contributed by atoms with Gasteiger partial charge in [0.2, 0.25) is 0 Å².